The lowest BCUT2D eigenvalue weighted by Crippen LogP contribution is -2.36. The number of rotatable bonds is 1. The van der Waals surface area contributed by atoms with Crippen LogP contribution in [0.2, 0.25) is 0 Å². The van der Waals surface area contributed by atoms with Crippen LogP contribution in [0, 0.1) is 0 Å². The summed E-state index contributed by atoms with van der Waals surface area (Å²) in [6, 6.07) is 11.4. The first-order valence-electron chi connectivity index (χ1n) is 7.13. The monoisotopic (exact) mass is 294 g/mol. The minimum Gasteiger partial charge on any atom is -0.305 e. The number of amides is 1. The third-order valence-corrected chi connectivity index (χ3v) is 4.08. The lowest BCUT2D eigenvalue weighted by molar-refractivity contribution is 0.0981. The summed E-state index contributed by atoms with van der Waals surface area (Å²) in [7, 11) is 0. The summed E-state index contributed by atoms with van der Waals surface area (Å²) in [6.45, 7) is 2.03. The summed E-state index contributed by atoms with van der Waals surface area (Å²) >= 11 is 0. The van der Waals surface area contributed by atoms with E-state index >= 15 is 0 Å². The number of hydrogen-bond donors (Lipinski definition) is 1. The summed E-state index contributed by atoms with van der Waals surface area (Å²) in [4.78, 5) is 26.3. The Morgan fingerprint density at radius 1 is 1.27 bits per heavy atom. The van der Waals surface area contributed by atoms with Crippen LogP contribution in [-0.2, 0) is 6.42 Å². The van der Waals surface area contributed by atoms with Crippen LogP contribution in [0.5, 0.6) is 0 Å². The van der Waals surface area contributed by atoms with Gasteiger partial charge in [-0.3, -0.25) is 4.79 Å². The zero-order valence-corrected chi connectivity index (χ0v) is 12.0. The van der Waals surface area contributed by atoms with Gasteiger partial charge in [0.05, 0.1) is 5.56 Å². The Kier molecular flexibility index (Phi) is 2.66. The molecule has 22 heavy (non-hydrogen) atoms. The topological polar surface area (TPSA) is 70.5 Å². The van der Waals surface area contributed by atoms with Crippen molar-refractivity contribution in [3.8, 4) is 0 Å². The Labute approximate surface area is 126 Å². The van der Waals surface area contributed by atoms with Gasteiger partial charge in [0, 0.05) is 17.9 Å². The standard InChI is InChI=1S/C16H14N4O2/c1-10-8-11-4-2-3-5-13(11)20(10)15(21)12-6-7-14-17-18-16(22)19(14)9-12/h2-7,9-10H,8H2,1H3,(H,18,22). The molecule has 6 heteroatoms. The number of anilines is 1. The molecule has 1 unspecified atom stereocenters. The van der Waals surface area contributed by atoms with Crippen molar-refractivity contribution >= 4 is 17.2 Å². The molecule has 0 aliphatic carbocycles. The molecule has 6 nitrogen and oxygen atoms in total. The number of pyridine rings is 1. The molecule has 0 saturated carbocycles. The van der Waals surface area contributed by atoms with E-state index in [1.165, 1.54) is 16.2 Å². The average molecular weight is 294 g/mol. The number of nitrogens with zero attached hydrogens (tertiary/aromatic N) is 3. The Morgan fingerprint density at radius 3 is 2.95 bits per heavy atom. The number of para-hydroxylation sites is 1. The van der Waals surface area contributed by atoms with Gasteiger partial charge in [-0.05, 0) is 37.1 Å². The molecule has 0 radical (unpaired) electrons. The van der Waals surface area contributed by atoms with Gasteiger partial charge in [-0.25, -0.2) is 14.3 Å². The first-order valence-corrected chi connectivity index (χ1v) is 7.13. The van der Waals surface area contributed by atoms with E-state index in [-0.39, 0.29) is 17.6 Å². The number of nitrogens with one attached hydrogen (secondary N) is 1. The van der Waals surface area contributed by atoms with Crippen LogP contribution >= 0.6 is 0 Å². The molecule has 1 aliphatic heterocycles. The maximum absolute atomic E-state index is 12.9. The average Bonchev–Trinajstić information content (AvgIpc) is 3.06. The Bertz CT molecular complexity index is 940. The molecule has 3 heterocycles. The molecule has 1 amide bonds. The van der Waals surface area contributed by atoms with E-state index in [2.05, 4.69) is 10.2 Å². The number of carbonyl (C=O) groups is 1. The highest BCUT2D eigenvalue weighted by atomic mass is 16.2. The maximum atomic E-state index is 12.9. The second kappa shape index (κ2) is 4.56. The maximum Gasteiger partial charge on any atom is 0.347 e. The fourth-order valence-corrected chi connectivity index (χ4v) is 3.05. The van der Waals surface area contributed by atoms with E-state index in [9.17, 15) is 9.59 Å². The van der Waals surface area contributed by atoms with Crippen molar-refractivity contribution in [2.75, 3.05) is 4.90 Å². The van der Waals surface area contributed by atoms with Gasteiger partial charge in [0.15, 0.2) is 5.65 Å². The highest BCUT2D eigenvalue weighted by molar-refractivity contribution is 6.07. The molecule has 2 aromatic heterocycles. The van der Waals surface area contributed by atoms with Crippen LogP contribution in [0.25, 0.3) is 5.65 Å². The minimum atomic E-state index is -0.348. The number of hydrogen-bond acceptors (Lipinski definition) is 3. The minimum absolute atomic E-state index is 0.0988. The highest BCUT2D eigenvalue weighted by Crippen LogP contribution is 2.32. The molecule has 3 aromatic rings. The first kappa shape index (κ1) is 12.8. The zero-order valence-electron chi connectivity index (χ0n) is 12.0. The second-order valence-electron chi connectivity index (χ2n) is 5.53. The largest absolute Gasteiger partial charge is 0.347 e. The van der Waals surface area contributed by atoms with Gasteiger partial charge < -0.3 is 4.90 Å². The van der Waals surface area contributed by atoms with Crippen molar-refractivity contribution < 1.29 is 4.79 Å². The molecule has 1 atom stereocenters. The SMILES string of the molecule is CC1Cc2ccccc2N1C(=O)c1ccc2n[nH]c(=O)n2c1. The van der Waals surface area contributed by atoms with Gasteiger partial charge in [-0.15, -0.1) is 0 Å². The van der Waals surface area contributed by atoms with Crippen LogP contribution in [0.4, 0.5) is 5.69 Å². The van der Waals surface area contributed by atoms with E-state index in [1.807, 2.05) is 31.2 Å². The molecule has 110 valence electrons. The van der Waals surface area contributed by atoms with E-state index in [4.69, 9.17) is 0 Å². The lowest BCUT2D eigenvalue weighted by atomic mass is 10.1. The molecule has 0 fully saturated rings. The summed E-state index contributed by atoms with van der Waals surface area (Å²) in [5, 5.41) is 6.24. The fourth-order valence-electron chi connectivity index (χ4n) is 3.05. The Morgan fingerprint density at radius 2 is 2.09 bits per heavy atom. The molecule has 1 aromatic carbocycles. The molecule has 0 bridgehead atoms. The van der Waals surface area contributed by atoms with Crippen LogP contribution in [-0.4, -0.2) is 26.5 Å². The van der Waals surface area contributed by atoms with E-state index in [1.54, 1.807) is 17.0 Å². The zero-order chi connectivity index (χ0) is 15.3. The molecule has 1 N–H and O–H groups in total. The summed E-state index contributed by atoms with van der Waals surface area (Å²) in [5.41, 5.74) is 2.74. The van der Waals surface area contributed by atoms with Crippen molar-refractivity contribution in [2.24, 2.45) is 0 Å². The number of H-pyrrole nitrogens is 1. The van der Waals surface area contributed by atoms with Crippen LogP contribution < -0.4 is 10.6 Å². The highest BCUT2D eigenvalue weighted by Gasteiger charge is 2.31. The number of aromatic nitrogens is 3. The van der Waals surface area contributed by atoms with Gasteiger partial charge in [-0.2, -0.15) is 5.10 Å². The van der Waals surface area contributed by atoms with E-state index in [0.717, 1.165) is 12.1 Å². The summed E-state index contributed by atoms with van der Waals surface area (Å²) < 4.78 is 1.35. The smallest absolute Gasteiger partial charge is 0.305 e. The van der Waals surface area contributed by atoms with Gasteiger partial charge in [0.1, 0.15) is 0 Å². The Hall–Kier alpha value is -2.89. The molecular weight excluding hydrogens is 280 g/mol. The van der Waals surface area contributed by atoms with Gasteiger partial charge in [-0.1, -0.05) is 18.2 Å². The predicted octanol–water partition coefficient (Wildman–Crippen LogP) is 1.61. The number of fused-ring (bicyclic) bond motifs is 2. The number of benzene rings is 1. The van der Waals surface area contributed by atoms with E-state index < -0.39 is 0 Å². The quantitative estimate of drug-likeness (QED) is 0.741. The summed E-state index contributed by atoms with van der Waals surface area (Å²) in [5.74, 6) is -0.104. The van der Waals surface area contributed by atoms with Crippen LogP contribution in [0.3, 0.4) is 0 Å². The Balaban J connectivity index is 1.80. The van der Waals surface area contributed by atoms with Crippen molar-refractivity contribution in [1.82, 2.24) is 14.6 Å². The van der Waals surface area contributed by atoms with Crippen molar-refractivity contribution in [2.45, 2.75) is 19.4 Å². The van der Waals surface area contributed by atoms with Crippen molar-refractivity contribution in [1.29, 1.82) is 0 Å². The first-order chi connectivity index (χ1) is 10.6. The second-order valence-corrected chi connectivity index (χ2v) is 5.53. The van der Waals surface area contributed by atoms with Crippen molar-refractivity contribution in [3.63, 3.8) is 0 Å². The molecule has 0 spiro atoms. The summed E-state index contributed by atoms with van der Waals surface area (Å²) in [6.07, 6.45) is 2.38. The van der Waals surface area contributed by atoms with Crippen molar-refractivity contribution in [3.05, 3.63) is 64.2 Å². The van der Waals surface area contributed by atoms with E-state index in [0.29, 0.717) is 11.2 Å². The third-order valence-electron chi connectivity index (χ3n) is 4.08. The lowest BCUT2D eigenvalue weighted by Gasteiger charge is -2.22. The fraction of sp³-hybridized carbons (Fsp3) is 0.188. The van der Waals surface area contributed by atoms with Crippen LogP contribution in [0.15, 0.2) is 47.4 Å². The molecular formula is C16H14N4O2. The van der Waals surface area contributed by atoms with Gasteiger partial charge in [0.2, 0.25) is 0 Å². The van der Waals surface area contributed by atoms with Crippen LogP contribution in [0.1, 0.15) is 22.8 Å². The van der Waals surface area contributed by atoms with Gasteiger partial charge in [0.25, 0.3) is 5.91 Å². The number of aromatic amines is 1. The molecule has 1 aliphatic rings. The predicted molar refractivity (Wildman–Crippen MR) is 82.2 cm³/mol. The molecule has 4 rings (SSSR count). The van der Waals surface area contributed by atoms with Gasteiger partial charge >= 0.3 is 5.69 Å². The normalized spacial score (nSPS) is 17.0. The third kappa shape index (κ3) is 1.77. The molecule has 0 saturated heterocycles. The number of carbonyl (C=O) groups excluding carboxylic acids is 1.